The third-order valence-electron chi connectivity index (χ3n) is 3.97. The minimum Gasteiger partial charge on any atom is -0.486 e. The first-order valence-electron chi connectivity index (χ1n) is 7.24. The molecule has 1 unspecified atom stereocenters. The summed E-state index contributed by atoms with van der Waals surface area (Å²) < 4.78 is 12.1. The number of ether oxygens (including phenoxy) is 1. The van der Waals surface area contributed by atoms with E-state index in [0.29, 0.717) is 0 Å². The van der Waals surface area contributed by atoms with Crippen molar-refractivity contribution < 1.29 is 9.16 Å². The molecule has 1 atom stereocenters. The lowest BCUT2D eigenvalue weighted by Gasteiger charge is -2.36. The first kappa shape index (κ1) is 17.0. The van der Waals surface area contributed by atoms with Gasteiger partial charge in [0.25, 0.3) is 0 Å². The summed E-state index contributed by atoms with van der Waals surface area (Å²) in [4.78, 5) is 0. The maximum Gasteiger partial charge on any atom is 0.191 e. The normalized spacial score (nSPS) is 13.8. The van der Waals surface area contributed by atoms with E-state index in [1.54, 1.807) is 0 Å². The number of benzene rings is 1. The molecule has 0 aliphatic carbocycles. The highest BCUT2D eigenvalue weighted by Crippen LogP contribution is 2.36. The van der Waals surface area contributed by atoms with Gasteiger partial charge in [-0.05, 0) is 30.3 Å². The fourth-order valence-electron chi connectivity index (χ4n) is 1.55. The molecule has 0 aliphatic rings. The van der Waals surface area contributed by atoms with Gasteiger partial charge in [0.1, 0.15) is 11.9 Å². The Morgan fingerprint density at radius 2 is 1.80 bits per heavy atom. The van der Waals surface area contributed by atoms with Gasteiger partial charge >= 0.3 is 0 Å². The Labute approximate surface area is 124 Å². The van der Waals surface area contributed by atoms with Crippen LogP contribution in [-0.2, 0) is 4.43 Å². The van der Waals surface area contributed by atoms with Gasteiger partial charge in [0.2, 0.25) is 0 Å². The molecule has 0 radical (unpaired) electrons. The minimum atomic E-state index is -1.67. The third-order valence-corrected chi connectivity index (χ3v) is 8.50. The monoisotopic (exact) mass is 292 g/mol. The second-order valence-electron chi connectivity index (χ2n) is 6.60. The van der Waals surface area contributed by atoms with Crippen LogP contribution < -0.4 is 4.74 Å². The summed E-state index contributed by atoms with van der Waals surface area (Å²) in [6.45, 7) is 15.9. The second kappa shape index (κ2) is 7.09. The summed E-state index contributed by atoms with van der Waals surface area (Å²) >= 11 is 0. The van der Waals surface area contributed by atoms with E-state index in [-0.39, 0.29) is 11.1 Å². The molecule has 1 aromatic carbocycles. The molecule has 0 saturated carbocycles. The standard InChI is InChI=1S/C17H28O2Si/c1-7-15(19-16-11-9-8-10-12-16)13-14-18-20(5,6)17(2,3)4/h7-12,15H,1,13-14H2,2-6H3. The van der Waals surface area contributed by atoms with Crippen LogP contribution in [0.25, 0.3) is 0 Å². The average molecular weight is 292 g/mol. The SMILES string of the molecule is C=CC(CCO[Si](C)(C)C(C)(C)C)Oc1ccccc1. The van der Waals surface area contributed by atoms with Crippen LogP contribution in [0, 0.1) is 0 Å². The summed E-state index contributed by atoms with van der Waals surface area (Å²) in [5, 5.41) is 0.247. The zero-order valence-electron chi connectivity index (χ0n) is 13.5. The number of para-hydroxylation sites is 1. The van der Waals surface area contributed by atoms with Gasteiger partial charge < -0.3 is 9.16 Å². The minimum absolute atomic E-state index is 0.00201. The topological polar surface area (TPSA) is 18.5 Å². The van der Waals surface area contributed by atoms with Crippen molar-refractivity contribution in [3.8, 4) is 5.75 Å². The van der Waals surface area contributed by atoms with Gasteiger partial charge in [-0.25, -0.2) is 0 Å². The fourth-order valence-corrected chi connectivity index (χ4v) is 2.61. The summed E-state index contributed by atoms with van der Waals surface area (Å²) in [6.07, 6.45) is 2.69. The maximum absolute atomic E-state index is 6.18. The van der Waals surface area contributed by atoms with E-state index < -0.39 is 8.32 Å². The first-order chi connectivity index (χ1) is 9.26. The molecular formula is C17H28O2Si. The van der Waals surface area contributed by atoms with Crippen molar-refractivity contribution in [2.24, 2.45) is 0 Å². The molecule has 3 heteroatoms. The molecule has 1 aromatic rings. The molecule has 0 amide bonds. The van der Waals surface area contributed by atoms with Crippen molar-refractivity contribution in [2.75, 3.05) is 6.61 Å². The summed E-state index contributed by atoms with van der Waals surface area (Å²) in [5.74, 6) is 0.879. The molecule has 0 fully saturated rings. The molecule has 0 spiro atoms. The molecule has 0 bridgehead atoms. The highest BCUT2D eigenvalue weighted by molar-refractivity contribution is 6.74. The highest BCUT2D eigenvalue weighted by Gasteiger charge is 2.36. The average Bonchev–Trinajstić information content (AvgIpc) is 2.37. The van der Waals surface area contributed by atoms with Crippen LogP contribution in [0.15, 0.2) is 43.0 Å². The van der Waals surface area contributed by atoms with Crippen LogP contribution in [0.2, 0.25) is 18.1 Å². The van der Waals surface area contributed by atoms with Crippen molar-refractivity contribution >= 4 is 8.32 Å². The van der Waals surface area contributed by atoms with E-state index in [1.165, 1.54) is 0 Å². The van der Waals surface area contributed by atoms with Gasteiger partial charge in [-0.15, -0.1) is 0 Å². The van der Waals surface area contributed by atoms with E-state index in [9.17, 15) is 0 Å². The van der Waals surface area contributed by atoms with E-state index in [0.717, 1.165) is 18.8 Å². The summed E-state index contributed by atoms with van der Waals surface area (Å²) in [5.41, 5.74) is 0. The highest BCUT2D eigenvalue weighted by atomic mass is 28.4. The lowest BCUT2D eigenvalue weighted by Crippen LogP contribution is -2.41. The Kier molecular flexibility index (Phi) is 6.02. The first-order valence-corrected chi connectivity index (χ1v) is 10.2. The van der Waals surface area contributed by atoms with E-state index in [2.05, 4.69) is 40.4 Å². The Morgan fingerprint density at radius 1 is 1.20 bits per heavy atom. The van der Waals surface area contributed by atoms with Crippen molar-refractivity contribution in [3.63, 3.8) is 0 Å². The predicted octanol–water partition coefficient (Wildman–Crippen LogP) is 5.03. The Morgan fingerprint density at radius 3 is 2.30 bits per heavy atom. The van der Waals surface area contributed by atoms with Crippen molar-refractivity contribution in [1.82, 2.24) is 0 Å². The second-order valence-corrected chi connectivity index (χ2v) is 11.4. The zero-order valence-corrected chi connectivity index (χ0v) is 14.5. The molecule has 1 rings (SSSR count). The Balaban J connectivity index is 2.45. The van der Waals surface area contributed by atoms with Gasteiger partial charge in [-0.1, -0.05) is 51.6 Å². The largest absolute Gasteiger partial charge is 0.486 e. The Bertz CT molecular complexity index is 407. The summed E-state index contributed by atoms with van der Waals surface area (Å²) in [6, 6.07) is 9.86. The van der Waals surface area contributed by atoms with Gasteiger partial charge in [-0.2, -0.15) is 0 Å². The van der Waals surface area contributed by atoms with Crippen molar-refractivity contribution in [1.29, 1.82) is 0 Å². The van der Waals surface area contributed by atoms with E-state index >= 15 is 0 Å². The quantitative estimate of drug-likeness (QED) is 0.518. The third kappa shape index (κ3) is 5.14. The number of hydrogen-bond donors (Lipinski definition) is 0. The van der Waals surface area contributed by atoms with Crippen LogP contribution in [0.1, 0.15) is 27.2 Å². The molecule has 0 N–H and O–H groups in total. The zero-order chi connectivity index (χ0) is 15.2. The molecule has 0 aromatic heterocycles. The van der Waals surface area contributed by atoms with Crippen molar-refractivity contribution in [3.05, 3.63) is 43.0 Å². The predicted molar refractivity (Wildman–Crippen MR) is 88.8 cm³/mol. The molecule has 0 heterocycles. The molecule has 20 heavy (non-hydrogen) atoms. The Hall–Kier alpha value is -1.06. The summed E-state index contributed by atoms with van der Waals surface area (Å²) in [7, 11) is -1.67. The molecule has 0 aliphatic heterocycles. The fraction of sp³-hybridized carbons (Fsp3) is 0.529. The van der Waals surface area contributed by atoms with Gasteiger partial charge in [-0.3, -0.25) is 0 Å². The molecule has 112 valence electrons. The molecule has 0 saturated heterocycles. The van der Waals surface area contributed by atoms with Gasteiger partial charge in [0.05, 0.1) is 0 Å². The van der Waals surface area contributed by atoms with Crippen LogP contribution in [-0.4, -0.2) is 21.0 Å². The smallest absolute Gasteiger partial charge is 0.191 e. The molecule has 2 nitrogen and oxygen atoms in total. The molecular weight excluding hydrogens is 264 g/mol. The number of rotatable bonds is 7. The number of hydrogen-bond acceptors (Lipinski definition) is 2. The van der Waals surface area contributed by atoms with Crippen LogP contribution in [0.3, 0.4) is 0 Å². The van der Waals surface area contributed by atoms with Gasteiger partial charge in [0.15, 0.2) is 8.32 Å². The van der Waals surface area contributed by atoms with Crippen molar-refractivity contribution in [2.45, 2.75) is 51.4 Å². The van der Waals surface area contributed by atoms with Crippen LogP contribution in [0.4, 0.5) is 0 Å². The van der Waals surface area contributed by atoms with Gasteiger partial charge in [0, 0.05) is 13.0 Å². The van der Waals surface area contributed by atoms with E-state index in [1.807, 2.05) is 36.4 Å². The lowest BCUT2D eigenvalue weighted by molar-refractivity contribution is 0.190. The lowest BCUT2D eigenvalue weighted by atomic mass is 10.2. The maximum atomic E-state index is 6.18. The van der Waals surface area contributed by atoms with Crippen LogP contribution >= 0.6 is 0 Å². The van der Waals surface area contributed by atoms with Crippen LogP contribution in [0.5, 0.6) is 5.75 Å². The van der Waals surface area contributed by atoms with E-state index in [4.69, 9.17) is 9.16 Å².